The maximum absolute atomic E-state index is 14.0. The van der Waals surface area contributed by atoms with Crippen LogP contribution in [0.3, 0.4) is 0 Å². The van der Waals surface area contributed by atoms with Gasteiger partial charge in [-0.1, -0.05) is 37.1 Å². The molecule has 5 heteroatoms. The van der Waals surface area contributed by atoms with E-state index in [0.29, 0.717) is 18.9 Å². The molecule has 3 aliphatic rings. The van der Waals surface area contributed by atoms with E-state index in [1.807, 2.05) is 15.9 Å². The summed E-state index contributed by atoms with van der Waals surface area (Å²) in [6, 6.07) is 6.64. The van der Waals surface area contributed by atoms with E-state index in [4.69, 9.17) is 0 Å². The van der Waals surface area contributed by atoms with E-state index in [1.165, 1.54) is 6.07 Å². The molecule has 1 aliphatic carbocycles. The zero-order valence-corrected chi connectivity index (χ0v) is 17.2. The fraction of sp³-hybridized carbons (Fsp3) is 0.583. The summed E-state index contributed by atoms with van der Waals surface area (Å²) in [6.07, 6.45) is 11.0. The fourth-order valence-electron chi connectivity index (χ4n) is 5.52. The van der Waals surface area contributed by atoms with Crippen LogP contribution in [0.25, 0.3) is 0 Å². The highest BCUT2D eigenvalue weighted by Gasteiger charge is 2.48. The molecule has 2 fully saturated rings. The van der Waals surface area contributed by atoms with Crippen LogP contribution in [0.15, 0.2) is 36.4 Å². The highest BCUT2D eigenvalue weighted by atomic mass is 19.1. The summed E-state index contributed by atoms with van der Waals surface area (Å²) in [5.41, 5.74) is 0.892. The lowest BCUT2D eigenvalue weighted by Crippen LogP contribution is -2.51. The average molecular weight is 399 g/mol. The predicted molar refractivity (Wildman–Crippen MR) is 111 cm³/mol. The van der Waals surface area contributed by atoms with Crippen molar-refractivity contribution in [3.05, 3.63) is 47.8 Å². The number of carbonyl (C=O) groups is 2. The Hall–Kier alpha value is -2.17. The molecule has 2 aliphatic heterocycles. The zero-order valence-electron chi connectivity index (χ0n) is 17.2. The second-order valence-electron chi connectivity index (χ2n) is 8.80. The summed E-state index contributed by atoms with van der Waals surface area (Å²) in [4.78, 5) is 29.8. The molecule has 4 atom stereocenters. The average Bonchev–Trinajstić information content (AvgIpc) is 3.29. The first-order valence-electron chi connectivity index (χ1n) is 11.0. The minimum Gasteiger partial charge on any atom is -0.337 e. The third-order valence-electron chi connectivity index (χ3n) is 6.91. The Morgan fingerprint density at radius 3 is 2.72 bits per heavy atom. The third kappa shape index (κ3) is 4.24. The Kier molecular flexibility index (Phi) is 6.02. The number of halogens is 1. The molecule has 2 saturated heterocycles. The monoisotopic (exact) mass is 398 g/mol. The van der Waals surface area contributed by atoms with E-state index < -0.39 is 0 Å². The van der Waals surface area contributed by atoms with Crippen molar-refractivity contribution < 1.29 is 14.0 Å². The van der Waals surface area contributed by atoms with Gasteiger partial charge in [-0.15, -0.1) is 0 Å². The molecule has 0 bridgehead atoms. The van der Waals surface area contributed by atoms with Gasteiger partial charge in [-0.05, 0) is 49.3 Å². The van der Waals surface area contributed by atoms with Gasteiger partial charge in [0, 0.05) is 32.4 Å². The summed E-state index contributed by atoms with van der Waals surface area (Å²) in [5.74, 6) is 0.253. The minimum atomic E-state index is -0.264. The number of carbonyl (C=O) groups excluding carboxylic acids is 2. The maximum atomic E-state index is 14.0. The molecule has 0 N–H and O–H groups in total. The van der Waals surface area contributed by atoms with Crippen molar-refractivity contribution >= 4 is 11.8 Å². The fourth-order valence-corrected chi connectivity index (χ4v) is 5.52. The molecule has 0 spiro atoms. The lowest BCUT2D eigenvalue weighted by Gasteiger charge is -2.38. The van der Waals surface area contributed by atoms with Gasteiger partial charge in [0.2, 0.25) is 11.8 Å². The summed E-state index contributed by atoms with van der Waals surface area (Å²) in [5, 5.41) is 0. The minimum absolute atomic E-state index is 0.0188. The molecule has 1 aromatic rings. The standard InChI is InChI=1S/C24H31FN2O2/c1-17(28)26-13-6-2-3-12-22-24(26)21(19-10-7-11-20(25)15-19)16-27(22)23(29)14-18-8-4-5-9-18/h4,7-8,10-11,15,18,21-22,24H,2-3,5-6,9,12-14,16H2,1H3/t18-,21+,22-,24+/m1/s1. The van der Waals surface area contributed by atoms with Gasteiger partial charge < -0.3 is 9.80 Å². The number of hydrogen-bond acceptors (Lipinski definition) is 2. The first-order chi connectivity index (χ1) is 14.0. The molecule has 1 aromatic carbocycles. The Bertz CT molecular complexity index is 793. The van der Waals surface area contributed by atoms with Gasteiger partial charge in [-0.3, -0.25) is 9.59 Å². The Morgan fingerprint density at radius 1 is 1.14 bits per heavy atom. The number of benzene rings is 1. The Balaban J connectivity index is 1.67. The SMILES string of the molecule is CC(=O)N1CCCCC[C@@H]2[C@@H]1[C@H](c1cccc(F)c1)CN2C(=O)C[C@@H]1C=CCC1. The van der Waals surface area contributed by atoms with Gasteiger partial charge in [-0.25, -0.2) is 4.39 Å². The van der Waals surface area contributed by atoms with Gasteiger partial charge in [0.1, 0.15) is 5.82 Å². The smallest absolute Gasteiger partial charge is 0.223 e. The highest BCUT2D eigenvalue weighted by Crippen LogP contribution is 2.40. The van der Waals surface area contributed by atoms with E-state index in [2.05, 4.69) is 12.2 Å². The Morgan fingerprint density at radius 2 is 2.00 bits per heavy atom. The number of nitrogens with zero attached hydrogens (tertiary/aromatic N) is 2. The molecule has 2 heterocycles. The number of likely N-dealkylation sites (tertiary alicyclic amines) is 2. The van der Waals surface area contributed by atoms with Crippen molar-refractivity contribution in [3.8, 4) is 0 Å². The van der Waals surface area contributed by atoms with E-state index >= 15 is 0 Å². The number of allylic oxidation sites excluding steroid dienone is 2. The lowest BCUT2D eigenvalue weighted by atomic mass is 9.86. The molecule has 4 rings (SSSR count). The summed E-state index contributed by atoms with van der Waals surface area (Å²) in [6.45, 7) is 2.91. The molecule has 29 heavy (non-hydrogen) atoms. The molecular weight excluding hydrogens is 367 g/mol. The van der Waals surface area contributed by atoms with Crippen LogP contribution in [0.5, 0.6) is 0 Å². The first-order valence-corrected chi connectivity index (χ1v) is 11.0. The normalized spacial score (nSPS) is 29.4. The van der Waals surface area contributed by atoms with E-state index in [-0.39, 0.29) is 35.6 Å². The summed E-state index contributed by atoms with van der Waals surface area (Å²) < 4.78 is 14.0. The molecule has 0 saturated carbocycles. The molecule has 156 valence electrons. The van der Waals surface area contributed by atoms with E-state index in [0.717, 1.165) is 50.6 Å². The molecule has 0 radical (unpaired) electrons. The van der Waals surface area contributed by atoms with Crippen molar-refractivity contribution in [2.45, 2.75) is 69.9 Å². The van der Waals surface area contributed by atoms with Crippen LogP contribution in [0.1, 0.15) is 63.4 Å². The van der Waals surface area contributed by atoms with Crippen LogP contribution >= 0.6 is 0 Å². The van der Waals surface area contributed by atoms with E-state index in [1.54, 1.807) is 19.1 Å². The summed E-state index contributed by atoms with van der Waals surface area (Å²) >= 11 is 0. The third-order valence-corrected chi connectivity index (χ3v) is 6.91. The van der Waals surface area contributed by atoms with Gasteiger partial charge in [0.25, 0.3) is 0 Å². The highest BCUT2D eigenvalue weighted by molar-refractivity contribution is 5.79. The quantitative estimate of drug-likeness (QED) is 0.714. The second-order valence-corrected chi connectivity index (χ2v) is 8.80. The first kappa shape index (κ1) is 20.1. The second kappa shape index (κ2) is 8.68. The number of fused-ring (bicyclic) bond motifs is 1. The molecule has 0 unspecified atom stereocenters. The Labute approximate surface area is 172 Å². The van der Waals surface area contributed by atoms with Gasteiger partial charge in [-0.2, -0.15) is 0 Å². The van der Waals surface area contributed by atoms with Gasteiger partial charge in [0.05, 0.1) is 12.1 Å². The van der Waals surface area contributed by atoms with Crippen molar-refractivity contribution in [2.24, 2.45) is 5.92 Å². The van der Waals surface area contributed by atoms with Crippen molar-refractivity contribution in [3.63, 3.8) is 0 Å². The predicted octanol–water partition coefficient (Wildman–Crippen LogP) is 4.27. The van der Waals surface area contributed by atoms with Crippen LogP contribution in [-0.2, 0) is 9.59 Å². The van der Waals surface area contributed by atoms with Crippen LogP contribution in [0.4, 0.5) is 4.39 Å². The molecule has 2 amide bonds. The summed E-state index contributed by atoms with van der Waals surface area (Å²) in [7, 11) is 0. The lowest BCUT2D eigenvalue weighted by molar-refractivity contribution is -0.137. The van der Waals surface area contributed by atoms with Crippen LogP contribution in [-0.4, -0.2) is 46.8 Å². The van der Waals surface area contributed by atoms with Crippen molar-refractivity contribution in [1.82, 2.24) is 9.80 Å². The van der Waals surface area contributed by atoms with Gasteiger partial charge >= 0.3 is 0 Å². The number of amides is 2. The largest absolute Gasteiger partial charge is 0.337 e. The molecule has 4 nitrogen and oxygen atoms in total. The van der Waals surface area contributed by atoms with Crippen LogP contribution in [0, 0.1) is 11.7 Å². The number of hydrogen-bond donors (Lipinski definition) is 0. The van der Waals surface area contributed by atoms with Gasteiger partial charge in [0.15, 0.2) is 0 Å². The van der Waals surface area contributed by atoms with Crippen LogP contribution in [0.2, 0.25) is 0 Å². The molecule has 0 aromatic heterocycles. The van der Waals surface area contributed by atoms with Crippen molar-refractivity contribution in [1.29, 1.82) is 0 Å². The topological polar surface area (TPSA) is 40.6 Å². The maximum Gasteiger partial charge on any atom is 0.223 e. The van der Waals surface area contributed by atoms with E-state index in [9.17, 15) is 14.0 Å². The van der Waals surface area contributed by atoms with Crippen molar-refractivity contribution in [2.75, 3.05) is 13.1 Å². The zero-order chi connectivity index (χ0) is 20.4. The van der Waals surface area contributed by atoms with Crippen LogP contribution < -0.4 is 0 Å². The molecular formula is C24H31FN2O2. The number of rotatable bonds is 3.